The van der Waals surface area contributed by atoms with Crippen molar-refractivity contribution >= 4 is 102 Å². The summed E-state index contributed by atoms with van der Waals surface area (Å²) in [5.41, 5.74) is 8.26. The van der Waals surface area contributed by atoms with E-state index in [2.05, 4.69) is 168 Å². The third-order valence-electron chi connectivity index (χ3n) is 9.44. The highest BCUT2D eigenvalue weighted by Gasteiger charge is 2.19. The molecule has 0 bridgehead atoms. The van der Waals surface area contributed by atoms with E-state index in [0.29, 0.717) is 0 Å². The topological polar surface area (TPSA) is 8.17 Å². The lowest BCUT2D eigenvalue weighted by atomic mass is 10.1. The first-order chi connectivity index (χ1) is 23.2. The van der Waals surface area contributed by atoms with E-state index in [1.165, 1.54) is 73.4 Å². The van der Waals surface area contributed by atoms with Crippen LogP contribution in [0.5, 0.6) is 0 Å². The van der Waals surface area contributed by atoms with Gasteiger partial charge in [0.05, 0.1) is 11.0 Å². The number of rotatable bonds is 4. The van der Waals surface area contributed by atoms with Gasteiger partial charge in [-0.2, -0.15) is 0 Å². The minimum absolute atomic E-state index is 1.13. The summed E-state index contributed by atoms with van der Waals surface area (Å²) in [7, 11) is 0. The molecule has 10 rings (SSSR count). The van der Waals surface area contributed by atoms with Crippen LogP contribution in [-0.2, 0) is 0 Å². The number of aryl methyl sites for hydroxylation is 1. The number of para-hydroxylation sites is 1. The Balaban J connectivity index is 1.23. The van der Waals surface area contributed by atoms with Crippen molar-refractivity contribution in [1.29, 1.82) is 0 Å². The Kier molecular flexibility index (Phi) is 5.86. The van der Waals surface area contributed by atoms with Crippen molar-refractivity contribution in [1.82, 2.24) is 4.57 Å². The zero-order valence-electron chi connectivity index (χ0n) is 25.6. The second-order valence-corrected chi connectivity index (χ2v) is 14.4. The summed E-state index contributed by atoms with van der Waals surface area (Å²) in [6.07, 6.45) is 0. The highest BCUT2D eigenvalue weighted by molar-refractivity contribution is 7.26. The molecule has 47 heavy (non-hydrogen) atoms. The molecule has 0 amide bonds. The van der Waals surface area contributed by atoms with E-state index >= 15 is 0 Å². The number of anilines is 3. The molecule has 4 heteroatoms. The van der Waals surface area contributed by atoms with E-state index < -0.39 is 0 Å². The summed E-state index contributed by atoms with van der Waals surface area (Å²) < 4.78 is 7.73. The van der Waals surface area contributed by atoms with Gasteiger partial charge < -0.3 is 9.47 Å². The first-order valence-electron chi connectivity index (χ1n) is 15.9. The molecule has 0 aliphatic carbocycles. The standard InChI is InChI=1S/C43H28N2S2/c1-27-14-16-28(17-15-27)44(29-19-22-42-36(24-29)34-9-3-6-12-40(34)46-42)31-18-21-33-32-8-2-5-11-38(32)45(39(33)26-31)30-20-23-43-37(25-30)35-10-4-7-13-41(35)47-43/h2-26H,1H3. The maximum Gasteiger partial charge on any atom is 0.0561 e. The smallest absolute Gasteiger partial charge is 0.0561 e. The number of benzene rings is 7. The highest BCUT2D eigenvalue weighted by Crippen LogP contribution is 2.43. The minimum Gasteiger partial charge on any atom is -0.310 e. The van der Waals surface area contributed by atoms with Crippen molar-refractivity contribution in [3.05, 3.63) is 157 Å². The normalized spacial score (nSPS) is 11.9. The predicted molar refractivity (Wildman–Crippen MR) is 206 cm³/mol. The van der Waals surface area contributed by atoms with E-state index in [1.807, 2.05) is 22.7 Å². The molecule has 7 aromatic carbocycles. The zero-order chi connectivity index (χ0) is 31.1. The van der Waals surface area contributed by atoms with Gasteiger partial charge in [-0.05, 0) is 85.8 Å². The molecule has 0 aliphatic heterocycles. The Morgan fingerprint density at radius 1 is 0.404 bits per heavy atom. The van der Waals surface area contributed by atoms with Crippen LogP contribution in [0, 0.1) is 6.92 Å². The summed E-state index contributed by atoms with van der Waals surface area (Å²) in [6.45, 7) is 2.15. The van der Waals surface area contributed by atoms with Gasteiger partial charge in [0.15, 0.2) is 0 Å². The van der Waals surface area contributed by atoms with Gasteiger partial charge in [0, 0.05) is 73.9 Å². The fourth-order valence-electron chi connectivity index (χ4n) is 7.22. The van der Waals surface area contributed by atoms with E-state index in [9.17, 15) is 0 Å². The Hall–Kier alpha value is -5.42. The first-order valence-corrected chi connectivity index (χ1v) is 17.6. The van der Waals surface area contributed by atoms with E-state index in [4.69, 9.17) is 0 Å². The van der Waals surface area contributed by atoms with Crippen LogP contribution in [0.2, 0.25) is 0 Å². The van der Waals surface area contributed by atoms with Gasteiger partial charge in [-0.25, -0.2) is 0 Å². The van der Waals surface area contributed by atoms with Crippen LogP contribution in [0.15, 0.2) is 152 Å². The number of hydrogen-bond acceptors (Lipinski definition) is 3. The van der Waals surface area contributed by atoms with Crippen LogP contribution in [0.25, 0.3) is 67.8 Å². The maximum atomic E-state index is 2.45. The number of thiophene rings is 2. The third kappa shape index (κ3) is 4.15. The van der Waals surface area contributed by atoms with Crippen LogP contribution >= 0.6 is 22.7 Å². The van der Waals surface area contributed by atoms with Crippen LogP contribution in [0.3, 0.4) is 0 Å². The molecule has 0 radical (unpaired) electrons. The van der Waals surface area contributed by atoms with Crippen molar-refractivity contribution in [2.75, 3.05) is 4.90 Å². The molecular formula is C43H28N2S2. The molecule has 0 spiro atoms. The van der Waals surface area contributed by atoms with Crippen molar-refractivity contribution < 1.29 is 0 Å². The lowest BCUT2D eigenvalue weighted by Gasteiger charge is -2.26. The molecule has 0 aliphatic rings. The Morgan fingerprint density at radius 3 is 1.68 bits per heavy atom. The number of aromatic nitrogens is 1. The van der Waals surface area contributed by atoms with Crippen molar-refractivity contribution in [2.45, 2.75) is 6.92 Å². The molecule has 222 valence electrons. The van der Waals surface area contributed by atoms with Crippen LogP contribution < -0.4 is 4.90 Å². The monoisotopic (exact) mass is 636 g/mol. The summed E-state index contributed by atoms with van der Waals surface area (Å²) >= 11 is 3.72. The number of hydrogen-bond donors (Lipinski definition) is 0. The Labute approximate surface area is 280 Å². The van der Waals surface area contributed by atoms with Crippen LogP contribution in [0.4, 0.5) is 17.1 Å². The molecule has 0 saturated carbocycles. The Morgan fingerprint density at radius 2 is 0.936 bits per heavy atom. The van der Waals surface area contributed by atoms with Gasteiger partial charge in [-0.15, -0.1) is 22.7 Å². The van der Waals surface area contributed by atoms with Gasteiger partial charge in [-0.1, -0.05) is 78.4 Å². The second-order valence-electron chi connectivity index (χ2n) is 12.3. The zero-order valence-corrected chi connectivity index (χ0v) is 27.3. The first kappa shape index (κ1) is 26.8. The SMILES string of the molecule is Cc1ccc(N(c2ccc3sc4ccccc4c3c2)c2ccc3c4ccccc4n(-c4ccc5sc6ccccc6c5c4)c3c2)cc1. The highest BCUT2D eigenvalue weighted by atomic mass is 32.1. The molecular weight excluding hydrogens is 609 g/mol. The fourth-order valence-corrected chi connectivity index (χ4v) is 9.40. The quantitative estimate of drug-likeness (QED) is 0.187. The van der Waals surface area contributed by atoms with Crippen LogP contribution in [-0.4, -0.2) is 4.57 Å². The molecule has 2 nitrogen and oxygen atoms in total. The maximum absolute atomic E-state index is 2.45. The predicted octanol–water partition coefficient (Wildman–Crippen LogP) is 13.3. The molecule has 0 unspecified atom stereocenters. The largest absolute Gasteiger partial charge is 0.310 e. The molecule has 3 aromatic heterocycles. The number of nitrogens with zero attached hydrogens (tertiary/aromatic N) is 2. The van der Waals surface area contributed by atoms with Crippen molar-refractivity contribution in [2.24, 2.45) is 0 Å². The average molecular weight is 637 g/mol. The number of fused-ring (bicyclic) bond motifs is 9. The molecule has 0 atom stereocenters. The lowest BCUT2D eigenvalue weighted by molar-refractivity contribution is 1.18. The van der Waals surface area contributed by atoms with Gasteiger partial charge >= 0.3 is 0 Å². The summed E-state index contributed by atoms with van der Waals surface area (Å²) in [5.74, 6) is 0. The second kappa shape index (κ2) is 10.3. The van der Waals surface area contributed by atoms with Crippen LogP contribution in [0.1, 0.15) is 5.56 Å². The van der Waals surface area contributed by atoms with Gasteiger partial charge in [0.25, 0.3) is 0 Å². The molecule has 10 aromatic rings. The minimum atomic E-state index is 1.13. The van der Waals surface area contributed by atoms with E-state index in [1.54, 1.807) is 0 Å². The summed E-state index contributed by atoms with van der Waals surface area (Å²) in [4.78, 5) is 2.41. The Bertz CT molecular complexity index is 2820. The van der Waals surface area contributed by atoms with Gasteiger partial charge in [0.1, 0.15) is 0 Å². The van der Waals surface area contributed by atoms with E-state index in [-0.39, 0.29) is 0 Å². The van der Waals surface area contributed by atoms with Gasteiger partial charge in [-0.3, -0.25) is 0 Å². The van der Waals surface area contributed by atoms with Crippen molar-refractivity contribution in [3.63, 3.8) is 0 Å². The summed E-state index contributed by atoms with van der Waals surface area (Å²) in [5, 5.41) is 7.75. The fraction of sp³-hybridized carbons (Fsp3) is 0.0233. The lowest BCUT2D eigenvalue weighted by Crippen LogP contribution is -2.10. The van der Waals surface area contributed by atoms with Gasteiger partial charge in [0.2, 0.25) is 0 Å². The molecule has 0 saturated heterocycles. The molecule has 3 heterocycles. The molecule has 0 fully saturated rings. The van der Waals surface area contributed by atoms with E-state index in [0.717, 1.165) is 17.1 Å². The van der Waals surface area contributed by atoms with Crippen molar-refractivity contribution in [3.8, 4) is 5.69 Å². The molecule has 0 N–H and O–H groups in total. The average Bonchev–Trinajstić information content (AvgIpc) is 3.78. The summed E-state index contributed by atoms with van der Waals surface area (Å²) in [6, 6.07) is 56.0. The third-order valence-corrected chi connectivity index (χ3v) is 11.7.